The molecule has 0 aliphatic rings. The van der Waals surface area contributed by atoms with Crippen LogP contribution in [0.1, 0.15) is 31.4 Å². The smallest absolute Gasteiger partial charge is 0.0492 e. The highest BCUT2D eigenvalue weighted by Gasteiger charge is 2.02. The Morgan fingerprint density at radius 1 is 0.737 bits per heavy atom. The summed E-state index contributed by atoms with van der Waals surface area (Å²) < 4.78 is 0. The van der Waals surface area contributed by atoms with Gasteiger partial charge in [-0.3, -0.25) is 0 Å². The van der Waals surface area contributed by atoms with Crippen molar-refractivity contribution in [3.8, 4) is 0 Å². The van der Waals surface area contributed by atoms with E-state index in [0.29, 0.717) is 13.1 Å². The van der Waals surface area contributed by atoms with Crippen LogP contribution in [0.5, 0.6) is 0 Å². The van der Waals surface area contributed by atoms with Crippen molar-refractivity contribution in [2.24, 2.45) is 0 Å². The van der Waals surface area contributed by atoms with E-state index in [4.69, 9.17) is 0 Å². The van der Waals surface area contributed by atoms with E-state index in [2.05, 4.69) is 13.8 Å². The van der Waals surface area contributed by atoms with E-state index >= 15 is 0 Å². The van der Waals surface area contributed by atoms with Gasteiger partial charge in [0, 0.05) is 13.1 Å². The summed E-state index contributed by atoms with van der Waals surface area (Å²) in [5.41, 5.74) is 2.22. The summed E-state index contributed by atoms with van der Waals surface area (Å²) >= 11 is 0. The van der Waals surface area contributed by atoms with E-state index in [0.717, 1.165) is 11.1 Å². The van der Waals surface area contributed by atoms with Crippen molar-refractivity contribution >= 4 is 0 Å². The highest BCUT2D eigenvalue weighted by Crippen LogP contribution is 2.07. The predicted molar refractivity (Wildman–Crippen MR) is 79.9 cm³/mol. The van der Waals surface area contributed by atoms with Gasteiger partial charge in [0.25, 0.3) is 0 Å². The Morgan fingerprint density at radius 2 is 1.05 bits per heavy atom. The maximum atomic E-state index is 9.79. The molecule has 0 heterocycles. The predicted octanol–water partition coefficient (Wildman–Crippen LogP) is 4.49. The molecule has 0 atom stereocenters. The molecule has 0 saturated heterocycles. The summed E-state index contributed by atoms with van der Waals surface area (Å²) in [4.78, 5) is 0. The third-order valence-corrected chi connectivity index (χ3v) is 2.42. The Kier molecular flexibility index (Phi) is 7.56. The molecule has 1 N–H and O–H groups in total. The number of rotatable bonds is 4. The first-order valence-electron chi connectivity index (χ1n) is 6.78. The molecule has 0 aliphatic heterocycles. The summed E-state index contributed by atoms with van der Waals surface area (Å²) in [6.45, 7) is 5.35. The van der Waals surface area contributed by atoms with Crippen molar-refractivity contribution in [1.82, 2.24) is 5.06 Å². The first-order chi connectivity index (χ1) is 9.26. The zero-order chi connectivity index (χ0) is 13.9. The highest BCUT2D eigenvalue weighted by atomic mass is 16.5. The van der Waals surface area contributed by atoms with E-state index in [1.54, 1.807) is 0 Å². The minimum absolute atomic E-state index is 0.551. The fourth-order valence-electron chi connectivity index (χ4n) is 1.64. The number of hydrogen-bond acceptors (Lipinski definition) is 2. The van der Waals surface area contributed by atoms with Gasteiger partial charge in [-0.1, -0.05) is 80.9 Å². The van der Waals surface area contributed by atoms with Crippen molar-refractivity contribution in [2.75, 3.05) is 0 Å². The fraction of sp³-hybridized carbons (Fsp3) is 0.294. The molecule has 0 spiro atoms. The van der Waals surface area contributed by atoms with Crippen molar-refractivity contribution in [1.29, 1.82) is 0 Å². The average Bonchev–Trinajstić information content (AvgIpc) is 2.41. The largest absolute Gasteiger partial charge is 0.313 e. The third kappa shape index (κ3) is 6.75. The molecule has 0 unspecified atom stereocenters. The topological polar surface area (TPSA) is 23.5 Å². The molecule has 2 heteroatoms. The van der Waals surface area contributed by atoms with E-state index in [-0.39, 0.29) is 0 Å². The summed E-state index contributed by atoms with van der Waals surface area (Å²) in [7, 11) is 0. The lowest BCUT2D eigenvalue weighted by molar-refractivity contribution is -0.108. The average molecular weight is 257 g/mol. The lowest BCUT2D eigenvalue weighted by Gasteiger charge is -2.14. The van der Waals surface area contributed by atoms with Crippen LogP contribution in [0.4, 0.5) is 0 Å². The summed E-state index contributed by atoms with van der Waals surface area (Å²) in [6.07, 6.45) is 1.25. The number of nitrogens with zero attached hydrogens (tertiary/aromatic N) is 1. The Balaban J connectivity index is 0.000000550. The Morgan fingerprint density at radius 3 is 1.37 bits per heavy atom. The third-order valence-electron chi connectivity index (χ3n) is 2.42. The molecule has 19 heavy (non-hydrogen) atoms. The first-order valence-corrected chi connectivity index (χ1v) is 6.78. The van der Waals surface area contributed by atoms with Crippen LogP contribution in [0.2, 0.25) is 0 Å². The molecule has 0 amide bonds. The molecule has 0 aromatic heterocycles. The lowest BCUT2D eigenvalue weighted by atomic mass is 10.2. The SMILES string of the molecule is CCC.ON(Cc1ccccc1)Cc1ccccc1. The second-order valence-electron chi connectivity index (χ2n) is 4.50. The van der Waals surface area contributed by atoms with Crippen molar-refractivity contribution in [3.63, 3.8) is 0 Å². The normalized spacial score (nSPS) is 9.89. The minimum atomic E-state index is 0.551. The van der Waals surface area contributed by atoms with Gasteiger partial charge >= 0.3 is 0 Å². The Labute approximate surface area is 116 Å². The van der Waals surface area contributed by atoms with E-state index in [9.17, 15) is 5.21 Å². The minimum Gasteiger partial charge on any atom is -0.313 e. The van der Waals surface area contributed by atoms with Crippen LogP contribution in [0, 0.1) is 0 Å². The van der Waals surface area contributed by atoms with Crippen molar-refractivity contribution < 1.29 is 5.21 Å². The zero-order valence-electron chi connectivity index (χ0n) is 11.8. The molecule has 0 aliphatic carbocycles. The van der Waals surface area contributed by atoms with E-state index in [1.807, 2.05) is 60.7 Å². The highest BCUT2D eigenvalue weighted by molar-refractivity contribution is 5.16. The van der Waals surface area contributed by atoms with Crippen LogP contribution in [-0.4, -0.2) is 10.3 Å². The van der Waals surface area contributed by atoms with Crippen LogP contribution >= 0.6 is 0 Å². The van der Waals surface area contributed by atoms with Gasteiger partial charge in [0.15, 0.2) is 0 Å². The summed E-state index contributed by atoms with van der Waals surface area (Å²) in [5.74, 6) is 0. The zero-order valence-corrected chi connectivity index (χ0v) is 11.8. The van der Waals surface area contributed by atoms with E-state index < -0.39 is 0 Å². The van der Waals surface area contributed by atoms with Crippen molar-refractivity contribution in [2.45, 2.75) is 33.4 Å². The molecular weight excluding hydrogens is 234 g/mol. The standard InChI is InChI=1S/C14H15NO.C3H8/c16-15(11-13-7-3-1-4-8-13)12-14-9-5-2-6-10-14;1-3-2/h1-10,16H,11-12H2;3H2,1-2H3. The fourth-order valence-corrected chi connectivity index (χ4v) is 1.64. The second-order valence-corrected chi connectivity index (χ2v) is 4.50. The van der Waals surface area contributed by atoms with Crippen LogP contribution in [0.3, 0.4) is 0 Å². The maximum absolute atomic E-state index is 9.79. The van der Waals surface area contributed by atoms with Crippen LogP contribution in [-0.2, 0) is 13.1 Å². The molecular formula is C17H23NO. The molecule has 0 bridgehead atoms. The maximum Gasteiger partial charge on any atom is 0.0492 e. The lowest BCUT2D eigenvalue weighted by Crippen LogP contribution is -2.17. The molecule has 2 rings (SSSR count). The van der Waals surface area contributed by atoms with Gasteiger partial charge in [0.2, 0.25) is 0 Å². The number of hydrogen-bond donors (Lipinski definition) is 1. The Hall–Kier alpha value is -1.64. The van der Waals surface area contributed by atoms with Gasteiger partial charge in [-0.05, 0) is 11.1 Å². The Bertz CT molecular complexity index is 386. The van der Waals surface area contributed by atoms with Gasteiger partial charge in [-0.15, -0.1) is 0 Å². The molecule has 102 valence electrons. The van der Waals surface area contributed by atoms with Gasteiger partial charge in [0.1, 0.15) is 0 Å². The van der Waals surface area contributed by atoms with Crippen molar-refractivity contribution in [3.05, 3.63) is 71.8 Å². The van der Waals surface area contributed by atoms with Crippen LogP contribution in [0.15, 0.2) is 60.7 Å². The molecule has 2 aromatic carbocycles. The molecule has 0 fully saturated rings. The molecule has 0 saturated carbocycles. The van der Waals surface area contributed by atoms with Crippen LogP contribution in [0.25, 0.3) is 0 Å². The van der Waals surface area contributed by atoms with Crippen LogP contribution < -0.4 is 0 Å². The van der Waals surface area contributed by atoms with Gasteiger partial charge in [0.05, 0.1) is 0 Å². The first kappa shape index (κ1) is 15.4. The molecule has 2 aromatic rings. The molecule has 0 radical (unpaired) electrons. The number of benzene rings is 2. The second kappa shape index (κ2) is 9.31. The van der Waals surface area contributed by atoms with Gasteiger partial charge < -0.3 is 5.21 Å². The monoisotopic (exact) mass is 257 g/mol. The summed E-state index contributed by atoms with van der Waals surface area (Å²) in [6, 6.07) is 19.9. The number of hydroxylamine groups is 2. The summed E-state index contributed by atoms with van der Waals surface area (Å²) in [5, 5.41) is 11.1. The molecule has 2 nitrogen and oxygen atoms in total. The van der Waals surface area contributed by atoms with E-state index in [1.165, 1.54) is 11.5 Å². The van der Waals surface area contributed by atoms with Gasteiger partial charge in [-0.25, -0.2) is 0 Å². The quantitative estimate of drug-likeness (QED) is 0.815. The van der Waals surface area contributed by atoms with Gasteiger partial charge in [-0.2, -0.15) is 5.06 Å².